The summed E-state index contributed by atoms with van der Waals surface area (Å²) in [5.74, 6) is 0. The molecule has 0 spiro atoms. The number of rotatable bonds is 5. The molecule has 0 amide bonds. The van der Waals surface area contributed by atoms with Gasteiger partial charge in [-0.1, -0.05) is 30.3 Å². The minimum atomic E-state index is -4.05. The van der Waals surface area contributed by atoms with Crippen LogP contribution in [0.25, 0.3) is 0 Å². The second kappa shape index (κ2) is 6.22. The Balaban J connectivity index is 2.44. The summed E-state index contributed by atoms with van der Waals surface area (Å²) in [6.07, 6.45) is -4.76. The summed E-state index contributed by atoms with van der Waals surface area (Å²) in [5.41, 5.74) is 1.08. The van der Waals surface area contributed by atoms with Gasteiger partial charge in [-0.15, -0.1) is 0 Å². The highest BCUT2D eigenvalue weighted by Crippen LogP contribution is 2.23. The molecule has 0 bridgehead atoms. The number of hydrogen-bond donors (Lipinski definition) is 0. The van der Waals surface area contributed by atoms with Gasteiger partial charge in [-0.2, -0.15) is 13.2 Å². The van der Waals surface area contributed by atoms with E-state index in [1.165, 1.54) is 0 Å². The van der Waals surface area contributed by atoms with Gasteiger partial charge in [-0.25, -0.2) is 0 Å². The van der Waals surface area contributed by atoms with E-state index in [1.807, 2.05) is 30.3 Å². The Morgan fingerprint density at radius 1 is 1.19 bits per heavy atom. The first kappa shape index (κ1) is 13.5. The van der Waals surface area contributed by atoms with E-state index in [9.17, 15) is 13.2 Å². The average molecular weight is 264 g/mol. The predicted molar refractivity (Wildman–Crippen MR) is 63.8 cm³/mol. The van der Waals surface area contributed by atoms with Crippen LogP contribution in [0.3, 0.4) is 0 Å². The van der Waals surface area contributed by atoms with Crippen molar-refractivity contribution in [2.45, 2.75) is 24.7 Å². The van der Waals surface area contributed by atoms with Gasteiger partial charge in [0.2, 0.25) is 0 Å². The van der Waals surface area contributed by atoms with Crippen molar-refractivity contribution >= 4 is 19.5 Å². The van der Waals surface area contributed by atoms with Crippen molar-refractivity contribution in [2.24, 2.45) is 0 Å². The zero-order valence-electron chi connectivity index (χ0n) is 9.13. The molecule has 0 fully saturated rings. The van der Waals surface area contributed by atoms with E-state index in [-0.39, 0.29) is 6.04 Å². The topological polar surface area (TPSA) is 9.23 Å². The van der Waals surface area contributed by atoms with Gasteiger partial charge in [0.05, 0.1) is 0 Å². The maximum atomic E-state index is 12.1. The second-order valence-corrected chi connectivity index (χ2v) is 7.82. The molecule has 0 saturated carbocycles. The smallest absolute Gasteiger partial charge is 0.388 e. The molecule has 1 rings (SSSR count). The van der Waals surface area contributed by atoms with Gasteiger partial charge in [0.1, 0.15) is 10.5 Å². The molecule has 1 unspecified atom stereocenters. The van der Waals surface area contributed by atoms with Crippen LogP contribution in [0.5, 0.6) is 0 Å². The maximum Gasteiger partial charge on any atom is 0.388 e. The van der Waals surface area contributed by atoms with Gasteiger partial charge >= 0.3 is 6.18 Å². The Bertz CT molecular complexity index is 303. The maximum absolute atomic E-state index is 12.1. The molecule has 1 atom stereocenters. The molecule has 0 N–H and O–H groups in total. The van der Waals surface area contributed by atoms with Crippen LogP contribution in [0.1, 0.15) is 12.0 Å². The average Bonchev–Trinajstić information content (AvgIpc) is 2.24. The fourth-order valence-electron chi connectivity index (χ4n) is 1.50. The van der Waals surface area contributed by atoms with Crippen LogP contribution in [0.4, 0.5) is 13.2 Å². The van der Waals surface area contributed by atoms with Gasteiger partial charge in [0, 0.05) is 6.42 Å². The van der Waals surface area contributed by atoms with E-state index < -0.39 is 21.6 Å². The van der Waals surface area contributed by atoms with E-state index in [4.69, 9.17) is 4.12 Å². The zero-order valence-corrected chi connectivity index (χ0v) is 12.3. The molecule has 0 aliphatic carbocycles. The highest BCUT2D eigenvalue weighted by atomic mass is 28.3. The van der Waals surface area contributed by atoms with Crippen molar-refractivity contribution in [3.05, 3.63) is 35.9 Å². The Labute approximate surface area is 97.9 Å². The third-order valence-corrected chi connectivity index (χ3v) is 6.92. The Kier molecular flexibility index (Phi) is 5.23. The van der Waals surface area contributed by atoms with E-state index in [1.54, 1.807) is 0 Å². The normalized spacial score (nSPS) is 13.9. The number of benzene rings is 1. The van der Waals surface area contributed by atoms with Crippen LogP contribution < -0.4 is 0 Å². The molecule has 6 heteroatoms. The van der Waals surface area contributed by atoms with Gasteiger partial charge in [0.15, 0.2) is 9.04 Å². The van der Waals surface area contributed by atoms with Gasteiger partial charge < -0.3 is 4.12 Å². The largest absolute Gasteiger partial charge is 0.465 e. The zero-order chi connectivity index (χ0) is 12.0. The highest BCUT2D eigenvalue weighted by Gasteiger charge is 2.28. The monoisotopic (exact) mass is 264 g/mol. The summed E-state index contributed by atoms with van der Waals surface area (Å²) in [5, 5.41) is 0. The molecule has 1 aromatic carbocycles. The lowest BCUT2D eigenvalue weighted by molar-refractivity contribution is -0.130. The quantitative estimate of drug-likeness (QED) is 0.736. The standard InChI is InChI=1S/C10H15F3OSi2/c11-10(12,13)6-7-16(14-15)8-9-4-2-1-3-5-9/h1-5,16H,6-8H2,15H3. The minimum Gasteiger partial charge on any atom is -0.465 e. The summed E-state index contributed by atoms with van der Waals surface area (Å²) in [4.78, 5) is 0. The molecule has 0 saturated heterocycles. The summed E-state index contributed by atoms with van der Waals surface area (Å²) >= 11 is 0. The fraction of sp³-hybridized carbons (Fsp3) is 0.400. The van der Waals surface area contributed by atoms with Crippen LogP contribution in [-0.2, 0) is 10.2 Å². The van der Waals surface area contributed by atoms with Crippen LogP contribution in [0.2, 0.25) is 6.04 Å². The SMILES string of the molecule is FC(F)(F)CC[SiH](Cc1ccccc1)O[SiH3]. The first-order chi connectivity index (χ1) is 7.51. The van der Waals surface area contributed by atoms with E-state index in [0.29, 0.717) is 16.5 Å². The molecule has 0 aliphatic heterocycles. The van der Waals surface area contributed by atoms with E-state index >= 15 is 0 Å². The molecule has 0 aliphatic rings. The summed E-state index contributed by atoms with van der Waals surface area (Å²) in [7, 11) is -1.17. The lowest BCUT2D eigenvalue weighted by atomic mass is 10.2. The molecule has 90 valence electrons. The lowest BCUT2D eigenvalue weighted by Crippen LogP contribution is -2.23. The summed E-state index contributed by atoms with van der Waals surface area (Å²) in [6.45, 7) is 0. The van der Waals surface area contributed by atoms with Crippen molar-refractivity contribution < 1.29 is 17.3 Å². The molecule has 1 nitrogen and oxygen atoms in total. The fourth-order valence-corrected chi connectivity index (χ4v) is 4.77. The first-order valence-electron chi connectivity index (χ1n) is 5.15. The molecule has 16 heavy (non-hydrogen) atoms. The van der Waals surface area contributed by atoms with Crippen LogP contribution in [-0.4, -0.2) is 25.7 Å². The van der Waals surface area contributed by atoms with Crippen molar-refractivity contribution in [1.82, 2.24) is 0 Å². The van der Waals surface area contributed by atoms with Crippen LogP contribution in [0.15, 0.2) is 30.3 Å². The third kappa shape index (κ3) is 5.48. The number of halogens is 3. The molecular formula is C10H15F3OSi2. The predicted octanol–water partition coefficient (Wildman–Crippen LogP) is 1.74. The summed E-state index contributed by atoms with van der Waals surface area (Å²) in [6, 6.07) is 10.5. The van der Waals surface area contributed by atoms with Crippen molar-refractivity contribution in [3.8, 4) is 0 Å². The van der Waals surface area contributed by atoms with Gasteiger partial charge in [-0.3, -0.25) is 0 Å². The molecule has 0 radical (unpaired) electrons. The Hall–Kier alpha value is -0.596. The van der Waals surface area contributed by atoms with Crippen LogP contribution >= 0.6 is 0 Å². The second-order valence-electron chi connectivity index (χ2n) is 3.70. The van der Waals surface area contributed by atoms with Crippen molar-refractivity contribution in [2.75, 3.05) is 0 Å². The van der Waals surface area contributed by atoms with Gasteiger partial charge in [0.25, 0.3) is 0 Å². The lowest BCUT2D eigenvalue weighted by Gasteiger charge is -2.15. The highest BCUT2D eigenvalue weighted by molar-refractivity contribution is 6.55. The van der Waals surface area contributed by atoms with Gasteiger partial charge in [-0.05, 0) is 17.7 Å². The molecular weight excluding hydrogens is 249 g/mol. The first-order valence-corrected chi connectivity index (χ1v) is 8.07. The molecule has 1 aromatic rings. The van der Waals surface area contributed by atoms with Crippen molar-refractivity contribution in [3.63, 3.8) is 0 Å². The Morgan fingerprint density at radius 2 is 1.81 bits per heavy atom. The molecule has 0 heterocycles. The van der Waals surface area contributed by atoms with E-state index in [2.05, 4.69) is 0 Å². The van der Waals surface area contributed by atoms with Crippen LogP contribution in [0, 0.1) is 0 Å². The van der Waals surface area contributed by atoms with Crippen molar-refractivity contribution in [1.29, 1.82) is 0 Å². The molecule has 0 aromatic heterocycles. The van der Waals surface area contributed by atoms with E-state index in [0.717, 1.165) is 5.56 Å². The number of alkyl halides is 3. The minimum absolute atomic E-state index is 0.182. The third-order valence-electron chi connectivity index (χ3n) is 2.39. The Morgan fingerprint density at radius 3 is 2.31 bits per heavy atom. The summed E-state index contributed by atoms with van der Waals surface area (Å²) < 4.78 is 41.5. The number of hydrogen-bond acceptors (Lipinski definition) is 1.